The van der Waals surface area contributed by atoms with Crippen LogP contribution >= 0.6 is 11.6 Å². The van der Waals surface area contributed by atoms with Crippen molar-refractivity contribution < 1.29 is 14.3 Å². The second-order valence-corrected chi connectivity index (χ2v) is 7.37. The highest BCUT2D eigenvalue weighted by atomic mass is 35.5. The predicted octanol–water partition coefficient (Wildman–Crippen LogP) is 4.97. The molecule has 2 aliphatic rings. The lowest BCUT2D eigenvalue weighted by Gasteiger charge is -2.37. The summed E-state index contributed by atoms with van der Waals surface area (Å²) in [6.07, 6.45) is 0. The Balaban J connectivity index is 1.87. The Morgan fingerprint density at radius 3 is 2.52 bits per heavy atom. The van der Waals surface area contributed by atoms with Gasteiger partial charge in [-0.25, -0.2) is 4.79 Å². The van der Waals surface area contributed by atoms with Crippen LogP contribution < -0.4 is 9.64 Å². The molecule has 1 spiro atoms. The van der Waals surface area contributed by atoms with Crippen molar-refractivity contribution in [3.05, 3.63) is 87.9 Å². The van der Waals surface area contributed by atoms with E-state index in [0.717, 1.165) is 22.4 Å². The number of carbonyl (C=O) groups is 1. The predicted molar refractivity (Wildman–Crippen MR) is 104 cm³/mol. The monoisotopic (exact) mass is 377 g/mol. The number of halogens is 1. The summed E-state index contributed by atoms with van der Waals surface area (Å²) in [4.78, 5) is 14.7. The van der Waals surface area contributed by atoms with Gasteiger partial charge in [0.1, 0.15) is 11.5 Å². The Hall–Kier alpha value is -2.98. The third-order valence-electron chi connectivity index (χ3n) is 5.17. The van der Waals surface area contributed by atoms with Gasteiger partial charge in [-0.2, -0.15) is 0 Å². The van der Waals surface area contributed by atoms with E-state index in [0.29, 0.717) is 22.1 Å². The Kier molecular flexibility index (Phi) is 3.31. The van der Waals surface area contributed by atoms with Gasteiger partial charge < -0.3 is 14.4 Å². The normalized spacial score (nSPS) is 19.0. The summed E-state index contributed by atoms with van der Waals surface area (Å²) >= 11 is 6.29. The topological polar surface area (TPSA) is 38.8 Å². The van der Waals surface area contributed by atoms with E-state index in [2.05, 4.69) is 0 Å². The Bertz CT molecular complexity index is 1110. The number of esters is 1. The fourth-order valence-electron chi connectivity index (χ4n) is 3.91. The van der Waals surface area contributed by atoms with Gasteiger partial charge in [0.2, 0.25) is 0 Å². The minimum Gasteiger partial charge on any atom is -0.456 e. The highest BCUT2D eigenvalue weighted by molar-refractivity contribution is 6.30. The second-order valence-electron chi connectivity index (χ2n) is 6.93. The highest BCUT2D eigenvalue weighted by Gasteiger charge is 2.53. The van der Waals surface area contributed by atoms with Crippen LogP contribution in [-0.2, 0) is 10.3 Å². The molecule has 0 saturated heterocycles. The molecule has 0 radical (unpaired) electrons. The third-order valence-corrected chi connectivity index (χ3v) is 5.41. The van der Waals surface area contributed by atoms with E-state index in [1.165, 1.54) is 0 Å². The Morgan fingerprint density at radius 2 is 1.70 bits per heavy atom. The van der Waals surface area contributed by atoms with Crippen molar-refractivity contribution in [3.8, 4) is 11.5 Å². The molecule has 27 heavy (non-hydrogen) atoms. The fraction of sp³-hybridized carbons (Fsp3) is 0.136. The fourth-order valence-corrected chi connectivity index (χ4v) is 4.08. The van der Waals surface area contributed by atoms with Gasteiger partial charge in [0.05, 0.1) is 5.56 Å². The molecule has 5 heteroatoms. The van der Waals surface area contributed by atoms with Gasteiger partial charge in [0.15, 0.2) is 5.60 Å². The summed E-state index contributed by atoms with van der Waals surface area (Å²) in [7, 11) is 3.94. The van der Waals surface area contributed by atoms with Crippen LogP contribution in [0.4, 0.5) is 5.69 Å². The third kappa shape index (κ3) is 2.14. The van der Waals surface area contributed by atoms with Gasteiger partial charge in [-0.3, -0.25) is 0 Å². The summed E-state index contributed by atoms with van der Waals surface area (Å²) in [5, 5.41) is 0.561. The molecule has 0 aliphatic carbocycles. The number of anilines is 1. The molecule has 2 heterocycles. The van der Waals surface area contributed by atoms with E-state index in [9.17, 15) is 4.79 Å². The molecule has 1 unspecified atom stereocenters. The van der Waals surface area contributed by atoms with Crippen molar-refractivity contribution >= 4 is 23.3 Å². The van der Waals surface area contributed by atoms with Gasteiger partial charge >= 0.3 is 5.97 Å². The first-order valence-electron chi connectivity index (χ1n) is 8.63. The van der Waals surface area contributed by atoms with Gasteiger partial charge in [0, 0.05) is 47.6 Å². The van der Waals surface area contributed by atoms with E-state index < -0.39 is 5.60 Å². The molecule has 0 aromatic heterocycles. The smallest absolute Gasteiger partial charge is 0.340 e. The van der Waals surface area contributed by atoms with E-state index in [4.69, 9.17) is 21.1 Å². The van der Waals surface area contributed by atoms with Crippen LogP contribution in [0.5, 0.6) is 11.5 Å². The lowest BCUT2D eigenvalue weighted by molar-refractivity contribution is 0.0224. The molecule has 3 aromatic carbocycles. The largest absolute Gasteiger partial charge is 0.456 e. The van der Waals surface area contributed by atoms with Crippen LogP contribution in [0, 0.1) is 0 Å². The maximum absolute atomic E-state index is 12.7. The zero-order valence-electron chi connectivity index (χ0n) is 14.8. The average Bonchev–Trinajstić information content (AvgIpc) is 2.96. The lowest BCUT2D eigenvalue weighted by Crippen LogP contribution is -2.33. The summed E-state index contributed by atoms with van der Waals surface area (Å²) < 4.78 is 12.3. The van der Waals surface area contributed by atoms with Crippen molar-refractivity contribution in [2.45, 2.75) is 5.60 Å². The first kappa shape index (κ1) is 16.2. The summed E-state index contributed by atoms with van der Waals surface area (Å²) in [6.45, 7) is 0. The molecule has 0 amide bonds. The number of rotatable bonds is 1. The van der Waals surface area contributed by atoms with Crippen molar-refractivity contribution in [1.82, 2.24) is 0 Å². The van der Waals surface area contributed by atoms with Crippen molar-refractivity contribution in [2.24, 2.45) is 0 Å². The Labute approximate surface area is 161 Å². The summed E-state index contributed by atoms with van der Waals surface area (Å²) in [5.74, 6) is 0.953. The second kappa shape index (κ2) is 5.51. The number of ether oxygens (including phenoxy) is 2. The first-order valence-corrected chi connectivity index (χ1v) is 9.01. The van der Waals surface area contributed by atoms with Gasteiger partial charge in [0.25, 0.3) is 0 Å². The number of fused-ring (bicyclic) bond motifs is 6. The number of benzene rings is 3. The van der Waals surface area contributed by atoms with Crippen LogP contribution in [0.25, 0.3) is 0 Å². The maximum atomic E-state index is 12.7. The van der Waals surface area contributed by atoms with Crippen LogP contribution in [0.1, 0.15) is 27.0 Å². The summed E-state index contributed by atoms with van der Waals surface area (Å²) in [5.41, 5.74) is 2.83. The molecule has 0 N–H and O–H groups in total. The molecule has 0 bridgehead atoms. The first-order chi connectivity index (χ1) is 13.0. The molecule has 134 valence electrons. The molecule has 1 atom stereocenters. The molecule has 4 nitrogen and oxygen atoms in total. The number of carbonyl (C=O) groups excluding carboxylic acids is 1. The van der Waals surface area contributed by atoms with Crippen molar-refractivity contribution in [2.75, 3.05) is 19.0 Å². The van der Waals surface area contributed by atoms with Gasteiger partial charge in [-0.1, -0.05) is 29.8 Å². The SMILES string of the molecule is CN(C)c1ccc2c(c1)Oc1ccc(Cl)cc1C21OC(=O)c2ccccc21. The standard InChI is InChI=1S/C22H16ClNO3/c1-24(2)14-8-9-17-20(12-14)26-19-10-7-13(23)11-18(19)22(17)16-6-4-3-5-15(16)21(25)27-22/h3-12H,1-2H3. The minimum atomic E-state index is -1.06. The molecule has 5 rings (SSSR count). The zero-order valence-corrected chi connectivity index (χ0v) is 15.6. The Morgan fingerprint density at radius 1 is 0.889 bits per heavy atom. The van der Waals surface area contributed by atoms with Gasteiger partial charge in [-0.15, -0.1) is 0 Å². The quantitative estimate of drug-likeness (QED) is 0.561. The van der Waals surface area contributed by atoms with Crippen LogP contribution in [-0.4, -0.2) is 20.1 Å². The number of nitrogens with zero attached hydrogens (tertiary/aromatic N) is 1. The maximum Gasteiger partial charge on any atom is 0.340 e. The molecular formula is C22H16ClNO3. The molecular weight excluding hydrogens is 362 g/mol. The average molecular weight is 378 g/mol. The minimum absolute atomic E-state index is 0.346. The van der Waals surface area contributed by atoms with E-state index in [-0.39, 0.29) is 5.97 Å². The number of hydrogen-bond donors (Lipinski definition) is 0. The molecule has 0 saturated carbocycles. The number of hydrogen-bond acceptors (Lipinski definition) is 4. The molecule has 2 aliphatic heterocycles. The van der Waals surface area contributed by atoms with E-state index in [1.807, 2.05) is 67.5 Å². The highest BCUT2D eigenvalue weighted by Crippen LogP contribution is 2.56. The zero-order chi connectivity index (χ0) is 18.8. The van der Waals surface area contributed by atoms with Gasteiger partial charge in [-0.05, 0) is 36.4 Å². The molecule has 3 aromatic rings. The lowest BCUT2D eigenvalue weighted by atomic mass is 9.77. The van der Waals surface area contributed by atoms with Crippen molar-refractivity contribution in [1.29, 1.82) is 0 Å². The van der Waals surface area contributed by atoms with E-state index >= 15 is 0 Å². The molecule has 0 fully saturated rings. The summed E-state index contributed by atoms with van der Waals surface area (Å²) in [6, 6.07) is 18.8. The van der Waals surface area contributed by atoms with Crippen LogP contribution in [0.2, 0.25) is 5.02 Å². The van der Waals surface area contributed by atoms with Crippen LogP contribution in [0.15, 0.2) is 60.7 Å². The van der Waals surface area contributed by atoms with Crippen molar-refractivity contribution in [3.63, 3.8) is 0 Å². The van der Waals surface area contributed by atoms with E-state index in [1.54, 1.807) is 12.1 Å². The van der Waals surface area contributed by atoms with Crippen LogP contribution in [0.3, 0.4) is 0 Å².